The number of hydrogen-bond acceptors (Lipinski definition) is 6. The molecule has 1 N–H and O–H groups in total. The van der Waals surface area contributed by atoms with E-state index in [1.807, 2.05) is 23.1 Å². The van der Waals surface area contributed by atoms with Gasteiger partial charge in [0.2, 0.25) is 6.79 Å². The minimum absolute atomic E-state index is 0.0662. The van der Waals surface area contributed by atoms with Crippen LogP contribution in [0.4, 0.5) is 5.82 Å². The summed E-state index contributed by atoms with van der Waals surface area (Å²) >= 11 is 0. The Morgan fingerprint density at radius 1 is 1.08 bits per heavy atom. The minimum atomic E-state index is -0.0662. The molecule has 0 spiro atoms. The smallest absolute Gasteiger partial charge is 0.274 e. The molecule has 0 bridgehead atoms. The molecule has 0 saturated heterocycles. The molecule has 0 unspecified atom stereocenters. The summed E-state index contributed by atoms with van der Waals surface area (Å²) in [5.41, 5.74) is 1.42. The van der Waals surface area contributed by atoms with Crippen LogP contribution in [0.2, 0.25) is 0 Å². The van der Waals surface area contributed by atoms with E-state index in [1.54, 1.807) is 12.1 Å². The Morgan fingerprint density at radius 3 is 2.54 bits per heavy atom. The van der Waals surface area contributed by atoms with Crippen LogP contribution in [-0.4, -0.2) is 40.9 Å². The van der Waals surface area contributed by atoms with E-state index in [2.05, 4.69) is 29.4 Å². The molecule has 2 aromatic rings. The number of carbonyl (C=O) groups excluding carboxylic acids is 1. The fraction of sp³-hybridized carbons (Fsp3) is 0.421. The summed E-state index contributed by atoms with van der Waals surface area (Å²) in [5, 5.41) is 11.4. The quantitative estimate of drug-likeness (QED) is 0.783. The normalized spacial score (nSPS) is 12.1. The van der Waals surface area contributed by atoms with Gasteiger partial charge in [0.1, 0.15) is 5.82 Å². The molecular formula is C19H24N4O3. The van der Waals surface area contributed by atoms with Gasteiger partial charge in [0.05, 0.1) is 0 Å². The van der Waals surface area contributed by atoms with Gasteiger partial charge in [-0.25, -0.2) is 0 Å². The first-order valence-electron chi connectivity index (χ1n) is 8.96. The van der Waals surface area contributed by atoms with Crippen LogP contribution in [0, 0.1) is 0 Å². The van der Waals surface area contributed by atoms with Crippen molar-refractivity contribution in [3.63, 3.8) is 0 Å². The third kappa shape index (κ3) is 4.22. The van der Waals surface area contributed by atoms with Crippen molar-refractivity contribution >= 4 is 11.7 Å². The molecule has 1 aromatic heterocycles. The summed E-state index contributed by atoms with van der Waals surface area (Å²) in [6.45, 7) is 6.43. The van der Waals surface area contributed by atoms with Gasteiger partial charge in [-0.3, -0.25) is 4.79 Å². The first-order chi connectivity index (χ1) is 12.7. The van der Waals surface area contributed by atoms with Crippen molar-refractivity contribution < 1.29 is 14.3 Å². The third-order valence-corrected chi connectivity index (χ3v) is 4.07. The third-order valence-electron chi connectivity index (χ3n) is 4.07. The number of anilines is 1. The predicted octanol–water partition coefficient (Wildman–Crippen LogP) is 3.08. The van der Waals surface area contributed by atoms with Crippen LogP contribution < -0.4 is 14.8 Å². The average molecular weight is 356 g/mol. The van der Waals surface area contributed by atoms with Crippen LogP contribution in [0.15, 0.2) is 30.3 Å². The molecule has 0 radical (unpaired) electrons. The molecule has 0 saturated carbocycles. The van der Waals surface area contributed by atoms with Gasteiger partial charge in [-0.2, -0.15) is 0 Å². The predicted molar refractivity (Wildman–Crippen MR) is 98.4 cm³/mol. The first kappa shape index (κ1) is 18.0. The van der Waals surface area contributed by atoms with Crippen molar-refractivity contribution in [3.8, 4) is 11.5 Å². The Labute approximate surface area is 153 Å². The molecule has 1 aliphatic rings. The maximum absolute atomic E-state index is 12.5. The Bertz CT molecular complexity index is 743. The largest absolute Gasteiger partial charge is 0.454 e. The lowest BCUT2D eigenvalue weighted by Gasteiger charge is -2.20. The number of amides is 1. The van der Waals surface area contributed by atoms with Crippen LogP contribution in [0.25, 0.3) is 0 Å². The fourth-order valence-corrected chi connectivity index (χ4v) is 2.80. The van der Waals surface area contributed by atoms with Crippen molar-refractivity contribution in [3.05, 3.63) is 41.6 Å². The number of nitrogens with zero attached hydrogens (tertiary/aromatic N) is 3. The van der Waals surface area contributed by atoms with Crippen molar-refractivity contribution in [2.45, 2.75) is 33.2 Å². The summed E-state index contributed by atoms with van der Waals surface area (Å²) in [5.74, 6) is 2.07. The molecule has 138 valence electrons. The van der Waals surface area contributed by atoms with Crippen molar-refractivity contribution in [2.24, 2.45) is 0 Å². The van der Waals surface area contributed by atoms with Gasteiger partial charge in [-0.05, 0) is 42.7 Å². The molecule has 7 heteroatoms. The lowest BCUT2D eigenvalue weighted by Crippen LogP contribution is -2.33. The van der Waals surface area contributed by atoms with E-state index in [1.165, 1.54) is 0 Å². The number of nitrogens with one attached hydrogen (secondary N) is 1. The van der Waals surface area contributed by atoms with E-state index in [9.17, 15) is 4.79 Å². The highest BCUT2D eigenvalue weighted by atomic mass is 16.7. The van der Waals surface area contributed by atoms with E-state index in [-0.39, 0.29) is 12.7 Å². The molecule has 1 aliphatic heterocycles. The van der Waals surface area contributed by atoms with Crippen LogP contribution >= 0.6 is 0 Å². The molecular weight excluding hydrogens is 332 g/mol. The highest BCUT2D eigenvalue weighted by molar-refractivity contribution is 5.92. The van der Waals surface area contributed by atoms with Crippen LogP contribution in [0.1, 0.15) is 42.7 Å². The summed E-state index contributed by atoms with van der Waals surface area (Å²) < 4.78 is 10.7. The summed E-state index contributed by atoms with van der Waals surface area (Å²) in [6.07, 6.45) is 1.85. The van der Waals surface area contributed by atoms with Gasteiger partial charge >= 0.3 is 0 Å². The number of rotatable bonds is 8. The maximum Gasteiger partial charge on any atom is 0.274 e. The van der Waals surface area contributed by atoms with E-state index in [4.69, 9.17) is 9.47 Å². The van der Waals surface area contributed by atoms with Crippen molar-refractivity contribution in [2.75, 3.05) is 25.2 Å². The molecule has 0 atom stereocenters. The van der Waals surface area contributed by atoms with Crippen molar-refractivity contribution in [1.29, 1.82) is 0 Å². The fourth-order valence-electron chi connectivity index (χ4n) is 2.80. The van der Waals surface area contributed by atoms with Gasteiger partial charge in [-0.15, -0.1) is 10.2 Å². The first-order valence-corrected chi connectivity index (χ1v) is 8.96. The SMILES string of the molecule is CCCN(CCC)C(=O)c1ccc(NCc2ccc3c(c2)OCO3)nn1. The maximum atomic E-state index is 12.5. The zero-order valence-corrected chi connectivity index (χ0v) is 15.2. The lowest BCUT2D eigenvalue weighted by molar-refractivity contribution is 0.0748. The van der Waals surface area contributed by atoms with E-state index < -0.39 is 0 Å². The Kier molecular flexibility index (Phi) is 5.88. The van der Waals surface area contributed by atoms with E-state index in [0.29, 0.717) is 18.1 Å². The summed E-state index contributed by atoms with van der Waals surface area (Å²) in [4.78, 5) is 14.3. The number of benzene rings is 1. The number of ether oxygens (including phenoxy) is 2. The van der Waals surface area contributed by atoms with Crippen molar-refractivity contribution in [1.82, 2.24) is 15.1 Å². The van der Waals surface area contributed by atoms with E-state index in [0.717, 1.165) is 43.0 Å². The molecule has 3 rings (SSSR count). The standard InChI is InChI=1S/C19H24N4O3/c1-3-9-23(10-4-2)19(24)15-6-8-18(22-21-15)20-12-14-5-7-16-17(11-14)26-13-25-16/h5-8,11H,3-4,9-10,12-13H2,1-2H3,(H,20,22). The Hall–Kier alpha value is -2.83. The minimum Gasteiger partial charge on any atom is -0.454 e. The van der Waals surface area contributed by atoms with Crippen LogP contribution in [0.3, 0.4) is 0 Å². The van der Waals surface area contributed by atoms with Crippen LogP contribution in [-0.2, 0) is 6.54 Å². The molecule has 2 heterocycles. The lowest BCUT2D eigenvalue weighted by atomic mass is 10.2. The van der Waals surface area contributed by atoms with Crippen LogP contribution in [0.5, 0.6) is 11.5 Å². The van der Waals surface area contributed by atoms with Gasteiger partial charge in [0.15, 0.2) is 17.2 Å². The second kappa shape index (κ2) is 8.51. The molecule has 26 heavy (non-hydrogen) atoms. The highest BCUT2D eigenvalue weighted by Gasteiger charge is 2.16. The van der Waals surface area contributed by atoms with Gasteiger partial charge in [-0.1, -0.05) is 19.9 Å². The highest BCUT2D eigenvalue weighted by Crippen LogP contribution is 2.32. The average Bonchev–Trinajstić information content (AvgIpc) is 3.14. The number of hydrogen-bond donors (Lipinski definition) is 1. The summed E-state index contributed by atoms with van der Waals surface area (Å²) in [6, 6.07) is 9.30. The number of aromatic nitrogens is 2. The van der Waals surface area contributed by atoms with Gasteiger partial charge in [0, 0.05) is 19.6 Å². The monoisotopic (exact) mass is 356 g/mol. The Balaban J connectivity index is 1.59. The Morgan fingerprint density at radius 2 is 1.85 bits per heavy atom. The molecule has 1 amide bonds. The second-order valence-electron chi connectivity index (χ2n) is 6.14. The molecule has 0 fully saturated rings. The van der Waals surface area contributed by atoms with Gasteiger partial charge < -0.3 is 19.7 Å². The molecule has 0 aliphatic carbocycles. The zero-order chi connectivity index (χ0) is 18.4. The second-order valence-corrected chi connectivity index (χ2v) is 6.14. The number of fused-ring (bicyclic) bond motifs is 1. The zero-order valence-electron chi connectivity index (χ0n) is 15.2. The topological polar surface area (TPSA) is 76.6 Å². The number of carbonyl (C=O) groups is 1. The summed E-state index contributed by atoms with van der Waals surface area (Å²) in [7, 11) is 0. The van der Waals surface area contributed by atoms with Gasteiger partial charge in [0.25, 0.3) is 5.91 Å². The molecule has 1 aromatic carbocycles. The molecule has 7 nitrogen and oxygen atoms in total. The van der Waals surface area contributed by atoms with E-state index >= 15 is 0 Å².